The maximum atomic E-state index is 12.1. The Labute approximate surface area is 140 Å². The normalized spacial score (nSPS) is 34.0. The van der Waals surface area contributed by atoms with E-state index in [0.717, 1.165) is 32.5 Å². The molecule has 132 valence electrons. The van der Waals surface area contributed by atoms with Crippen molar-refractivity contribution in [2.45, 2.75) is 77.7 Å². The minimum Gasteiger partial charge on any atom is -0.444 e. The second-order valence-corrected chi connectivity index (χ2v) is 8.95. The maximum Gasteiger partial charge on any atom is 0.410 e. The summed E-state index contributed by atoms with van der Waals surface area (Å²) in [7, 11) is 0. The number of hydrogen-bond acceptors (Lipinski definition) is 4. The molecule has 3 unspecified atom stereocenters. The molecule has 1 saturated carbocycles. The Morgan fingerprint density at radius 1 is 1.22 bits per heavy atom. The number of ether oxygens (including phenoxy) is 2. The van der Waals surface area contributed by atoms with Crippen LogP contribution < -0.4 is 5.32 Å². The van der Waals surface area contributed by atoms with Crippen LogP contribution in [0.25, 0.3) is 0 Å². The SMILES string of the molecule is CC(C)(C)OC(=O)N1CCC(NC2C3CCOC3C2(C)C)CC1. The Balaban J connectivity index is 1.47. The molecular formula is C18H32N2O3. The molecule has 23 heavy (non-hydrogen) atoms. The van der Waals surface area contributed by atoms with Crippen LogP contribution in [0.4, 0.5) is 4.79 Å². The van der Waals surface area contributed by atoms with Gasteiger partial charge in [-0.3, -0.25) is 0 Å². The van der Waals surface area contributed by atoms with E-state index in [1.165, 1.54) is 6.42 Å². The number of carbonyl (C=O) groups is 1. The first kappa shape index (κ1) is 17.0. The number of rotatable bonds is 2. The van der Waals surface area contributed by atoms with E-state index in [9.17, 15) is 4.79 Å². The van der Waals surface area contributed by atoms with E-state index >= 15 is 0 Å². The minimum absolute atomic E-state index is 0.177. The highest BCUT2D eigenvalue weighted by atomic mass is 16.6. The van der Waals surface area contributed by atoms with Gasteiger partial charge in [-0.05, 0) is 40.0 Å². The zero-order valence-electron chi connectivity index (χ0n) is 15.2. The molecule has 3 fully saturated rings. The molecular weight excluding hydrogens is 292 g/mol. The van der Waals surface area contributed by atoms with E-state index < -0.39 is 5.60 Å². The van der Waals surface area contributed by atoms with Crippen molar-refractivity contribution in [3.05, 3.63) is 0 Å². The lowest BCUT2D eigenvalue weighted by atomic mass is 9.57. The highest BCUT2D eigenvalue weighted by molar-refractivity contribution is 5.68. The van der Waals surface area contributed by atoms with Gasteiger partial charge < -0.3 is 19.7 Å². The Bertz CT molecular complexity index is 450. The predicted molar refractivity (Wildman–Crippen MR) is 89.4 cm³/mol. The molecule has 0 bridgehead atoms. The molecule has 0 aromatic heterocycles. The Hall–Kier alpha value is -0.810. The van der Waals surface area contributed by atoms with Gasteiger partial charge in [0.1, 0.15) is 5.60 Å². The largest absolute Gasteiger partial charge is 0.444 e. The van der Waals surface area contributed by atoms with Crippen LogP contribution in [0.5, 0.6) is 0 Å². The second-order valence-electron chi connectivity index (χ2n) is 8.95. The summed E-state index contributed by atoms with van der Waals surface area (Å²) < 4.78 is 11.3. The first-order chi connectivity index (χ1) is 10.7. The fraction of sp³-hybridized carbons (Fsp3) is 0.944. The summed E-state index contributed by atoms with van der Waals surface area (Å²) in [6.07, 6.45) is 3.45. The molecule has 5 nitrogen and oxygen atoms in total. The number of hydrogen-bond donors (Lipinski definition) is 1. The van der Waals surface area contributed by atoms with Crippen molar-refractivity contribution in [1.29, 1.82) is 0 Å². The molecule has 3 atom stereocenters. The maximum absolute atomic E-state index is 12.1. The average molecular weight is 324 g/mol. The molecule has 2 heterocycles. The van der Waals surface area contributed by atoms with Gasteiger partial charge >= 0.3 is 6.09 Å². The molecule has 1 N–H and O–H groups in total. The third-order valence-electron chi connectivity index (χ3n) is 5.66. The van der Waals surface area contributed by atoms with Crippen molar-refractivity contribution in [1.82, 2.24) is 10.2 Å². The standard InChI is InChI=1S/C18H32N2O3/c1-17(2,3)23-16(21)20-9-6-12(7-10-20)19-14-13-8-11-22-15(13)18(14,4)5/h12-15,19H,6-11H2,1-5H3. The zero-order chi connectivity index (χ0) is 16.8. The van der Waals surface area contributed by atoms with Gasteiger partial charge in [0.2, 0.25) is 0 Å². The van der Waals surface area contributed by atoms with E-state index in [1.54, 1.807) is 0 Å². The molecule has 0 aromatic rings. The highest BCUT2D eigenvalue weighted by Crippen LogP contribution is 2.52. The third kappa shape index (κ3) is 3.36. The van der Waals surface area contributed by atoms with Gasteiger partial charge in [-0.1, -0.05) is 13.8 Å². The summed E-state index contributed by atoms with van der Waals surface area (Å²) in [5.41, 5.74) is -0.191. The van der Waals surface area contributed by atoms with Crippen LogP contribution in [-0.4, -0.2) is 54.5 Å². The lowest BCUT2D eigenvalue weighted by Gasteiger charge is -2.56. The summed E-state index contributed by atoms with van der Waals surface area (Å²) in [6, 6.07) is 1.05. The smallest absolute Gasteiger partial charge is 0.410 e. The van der Waals surface area contributed by atoms with Gasteiger partial charge in [0.25, 0.3) is 0 Å². The van der Waals surface area contributed by atoms with Gasteiger partial charge in [-0.25, -0.2) is 4.79 Å². The molecule has 5 heteroatoms. The lowest BCUT2D eigenvalue weighted by Crippen LogP contribution is -2.68. The molecule has 0 aromatic carbocycles. The van der Waals surface area contributed by atoms with Crippen molar-refractivity contribution in [2.75, 3.05) is 19.7 Å². The van der Waals surface area contributed by atoms with Crippen LogP contribution in [0.15, 0.2) is 0 Å². The number of likely N-dealkylation sites (tertiary alicyclic amines) is 1. The molecule has 3 aliphatic rings. The molecule has 1 aliphatic carbocycles. The number of carbonyl (C=O) groups excluding carboxylic acids is 1. The van der Waals surface area contributed by atoms with Crippen LogP contribution in [0, 0.1) is 11.3 Å². The number of nitrogens with zero attached hydrogens (tertiary/aromatic N) is 1. The first-order valence-electron chi connectivity index (χ1n) is 9.04. The third-order valence-corrected chi connectivity index (χ3v) is 5.66. The van der Waals surface area contributed by atoms with Crippen molar-refractivity contribution < 1.29 is 14.3 Å². The fourth-order valence-corrected chi connectivity index (χ4v) is 4.47. The van der Waals surface area contributed by atoms with Crippen molar-refractivity contribution in [2.24, 2.45) is 11.3 Å². The first-order valence-corrected chi connectivity index (χ1v) is 9.04. The molecule has 1 amide bonds. The Morgan fingerprint density at radius 3 is 2.48 bits per heavy atom. The summed E-state index contributed by atoms with van der Waals surface area (Å²) >= 11 is 0. The van der Waals surface area contributed by atoms with Gasteiger partial charge in [0.15, 0.2) is 0 Å². The van der Waals surface area contributed by atoms with Crippen molar-refractivity contribution in [3.63, 3.8) is 0 Å². The summed E-state index contributed by atoms with van der Waals surface area (Å²) in [6.45, 7) is 12.8. The van der Waals surface area contributed by atoms with Gasteiger partial charge in [0, 0.05) is 43.1 Å². The molecule has 2 aliphatic heterocycles. The van der Waals surface area contributed by atoms with E-state index in [2.05, 4.69) is 19.2 Å². The number of fused-ring (bicyclic) bond motifs is 1. The lowest BCUT2D eigenvalue weighted by molar-refractivity contribution is -0.116. The monoisotopic (exact) mass is 324 g/mol. The summed E-state index contributed by atoms with van der Waals surface area (Å²) in [4.78, 5) is 14.0. The molecule has 0 spiro atoms. The highest BCUT2D eigenvalue weighted by Gasteiger charge is 2.59. The zero-order valence-corrected chi connectivity index (χ0v) is 15.2. The van der Waals surface area contributed by atoms with Crippen LogP contribution in [0.1, 0.15) is 53.9 Å². The van der Waals surface area contributed by atoms with E-state index in [1.807, 2.05) is 25.7 Å². The average Bonchev–Trinajstić information content (AvgIpc) is 2.90. The van der Waals surface area contributed by atoms with Crippen molar-refractivity contribution in [3.8, 4) is 0 Å². The summed E-state index contributed by atoms with van der Waals surface area (Å²) in [5, 5.41) is 3.87. The van der Waals surface area contributed by atoms with E-state index in [4.69, 9.17) is 9.47 Å². The van der Waals surface area contributed by atoms with E-state index in [0.29, 0.717) is 24.1 Å². The van der Waals surface area contributed by atoms with Gasteiger partial charge in [-0.2, -0.15) is 0 Å². The molecule has 2 saturated heterocycles. The summed E-state index contributed by atoms with van der Waals surface area (Å²) in [5.74, 6) is 0.675. The Morgan fingerprint density at radius 2 is 1.87 bits per heavy atom. The second kappa shape index (κ2) is 5.92. The molecule has 3 rings (SSSR count). The quantitative estimate of drug-likeness (QED) is 0.848. The number of nitrogens with one attached hydrogen (secondary N) is 1. The van der Waals surface area contributed by atoms with Gasteiger partial charge in [0.05, 0.1) is 6.10 Å². The van der Waals surface area contributed by atoms with Crippen LogP contribution in [-0.2, 0) is 9.47 Å². The number of piperidine rings is 1. The van der Waals surface area contributed by atoms with Crippen molar-refractivity contribution >= 4 is 6.09 Å². The minimum atomic E-state index is -0.417. The number of amides is 1. The van der Waals surface area contributed by atoms with Gasteiger partial charge in [-0.15, -0.1) is 0 Å². The predicted octanol–water partition coefficient (Wildman–Crippen LogP) is 2.79. The van der Waals surface area contributed by atoms with Crippen LogP contribution in [0.2, 0.25) is 0 Å². The van der Waals surface area contributed by atoms with E-state index in [-0.39, 0.29) is 11.5 Å². The van der Waals surface area contributed by atoms with Crippen LogP contribution in [0.3, 0.4) is 0 Å². The molecule has 0 radical (unpaired) electrons. The topological polar surface area (TPSA) is 50.8 Å². The Kier molecular flexibility index (Phi) is 4.38. The van der Waals surface area contributed by atoms with Crippen LogP contribution >= 0.6 is 0 Å². The fourth-order valence-electron chi connectivity index (χ4n) is 4.47.